The van der Waals surface area contributed by atoms with E-state index in [2.05, 4.69) is 21.2 Å². The molecule has 1 saturated carbocycles. The summed E-state index contributed by atoms with van der Waals surface area (Å²) in [4.78, 5) is 0. The van der Waals surface area contributed by atoms with E-state index >= 15 is 0 Å². The van der Waals surface area contributed by atoms with Crippen molar-refractivity contribution in [1.82, 2.24) is 0 Å². The summed E-state index contributed by atoms with van der Waals surface area (Å²) in [5, 5.41) is 4.13. The Morgan fingerprint density at radius 1 is 1.53 bits per heavy atom. The first-order valence-corrected chi connectivity index (χ1v) is 6.26. The van der Waals surface area contributed by atoms with E-state index in [1.807, 2.05) is 19.1 Å². The Kier molecular flexibility index (Phi) is 3.42. The van der Waals surface area contributed by atoms with Crippen molar-refractivity contribution >= 4 is 33.2 Å². The second kappa shape index (κ2) is 4.62. The van der Waals surface area contributed by atoms with Gasteiger partial charge >= 0.3 is 0 Å². The van der Waals surface area contributed by atoms with Gasteiger partial charge in [0.15, 0.2) is 5.75 Å². The van der Waals surface area contributed by atoms with Crippen LogP contribution in [-0.2, 0) is 0 Å². The standard InChI is InChI=1S/C11H13BrClNO/c1-2-15-11-9(12)5-7(13)6-10(11)14-8-3-4-8/h5-6,8,14H,2-4H2,1H3. The molecule has 1 N–H and O–H groups in total. The molecule has 0 bridgehead atoms. The van der Waals surface area contributed by atoms with Gasteiger partial charge in [-0.25, -0.2) is 0 Å². The Bertz CT molecular complexity index is 366. The molecule has 1 aromatic carbocycles. The third-order valence-electron chi connectivity index (χ3n) is 2.23. The van der Waals surface area contributed by atoms with Crippen molar-refractivity contribution in [1.29, 1.82) is 0 Å². The van der Waals surface area contributed by atoms with Gasteiger partial charge in [0.2, 0.25) is 0 Å². The lowest BCUT2D eigenvalue weighted by Gasteiger charge is -2.14. The summed E-state index contributed by atoms with van der Waals surface area (Å²) in [5.41, 5.74) is 0.985. The maximum atomic E-state index is 6.00. The number of benzene rings is 1. The molecule has 1 aliphatic rings. The molecule has 0 saturated heterocycles. The van der Waals surface area contributed by atoms with Crippen LogP contribution in [0.3, 0.4) is 0 Å². The zero-order valence-electron chi connectivity index (χ0n) is 8.52. The van der Waals surface area contributed by atoms with Crippen LogP contribution < -0.4 is 10.1 Å². The number of hydrogen-bond donors (Lipinski definition) is 1. The van der Waals surface area contributed by atoms with Gasteiger partial charge in [0.1, 0.15) is 0 Å². The number of anilines is 1. The molecular formula is C11H13BrClNO. The smallest absolute Gasteiger partial charge is 0.156 e. The molecule has 1 aromatic rings. The molecule has 2 nitrogen and oxygen atoms in total. The summed E-state index contributed by atoms with van der Waals surface area (Å²) < 4.78 is 6.49. The summed E-state index contributed by atoms with van der Waals surface area (Å²) in [7, 11) is 0. The molecule has 0 radical (unpaired) electrons. The monoisotopic (exact) mass is 289 g/mol. The average Bonchev–Trinajstić information content (AvgIpc) is 2.95. The second-order valence-corrected chi connectivity index (χ2v) is 4.91. The van der Waals surface area contributed by atoms with Crippen molar-refractivity contribution in [3.05, 3.63) is 21.6 Å². The summed E-state index contributed by atoms with van der Waals surface area (Å²) in [6.45, 7) is 2.63. The van der Waals surface area contributed by atoms with Crippen LogP contribution in [0.2, 0.25) is 5.02 Å². The van der Waals surface area contributed by atoms with E-state index in [1.54, 1.807) is 0 Å². The average molecular weight is 291 g/mol. The number of rotatable bonds is 4. The van der Waals surface area contributed by atoms with Crippen molar-refractivity contribution in [2.24, 2.45) is 0 Å². The van der Waals surface area contributed by atoms with Gasteiger partial charge in [-0.2, -0.15) is 0 Å². The normalized spacial score (nSPS) is 15.1. The summed E-state index contributed by atoms with van der Waals surface area (Å²) in [6.07, 6.45) is 2.46. The molecule has 0 spiro atoms. The minimum absolute atomic E-state index is 0.592. The Morgan fingerprint density at radius 3 is 2.87 bits per heavy atom. The summed E-state index contributed by atoms with van der Waals surface area (Å²) >= 11 is 9.46. The van der Waals surface area contributed by atoms with E-state index in [-0.39, 0.29) is 0 Å². The SMILES string of the molecule is CCOc1c(Br)cc(Cl)cc1NC1CC1. The Hall–Kier alpha value is -0.410. The molecule has 4 heteroatoms. The lowest BCUT2D eigenvalue weighted by molar-refractivity contribution is 0.339. The van der Waals surface area contributed by atoms with Crippen LogP contribution in [0.15, 0.2) is 16.6 Å². The molecule has 1 fully saturated rings. The van der Waals surface area contributed by atoms with Gasteiger partial charge in [-0.1, -0.05) is 11.6 Å². The molecule has 0 atom stereocenters. The first-order chi connectivity index (χ1) is 7.20. The van der Waals surface area contributed by atoms with E-state index in [0.717, 1.165) is 15.9 Å². The zero-order valence-corrected chi connectivity index (χ0v) is 10.9. The van der Waals surface area contributed by atoms with Crippen molar-refractivity contribution in [3.63, 3.8) is 0 Å². The fourth-order valence-electron chi connectivity index (χ4n) is 1.41. The molecule has 1 aliphatic carbocycles. The van der Waals surface area contributed by atoms with Crippen molar-refractivity contribution in [2.45, 2.75) is 25.8 Å². The van der Waals surface area contributed by atoms with Crippen molar-refractivity contribution < 1.29 is 4.74 Å². The largest absolute Gasteiger partial charge is 0.491 e. The molecule has 0 amide bonds. The highest BCUT2D eigenvalue weighted by molar-refractivity contribution is 9.10. The van der Waals surface area contributed by atoms with Crippen LogP contribution >= 0.6 is 27.5 Å². The maximum absolute atomic E-state index is 6.00. The van der Waals surface area contributed by atoms with Gasteiger partial charge in [0, 0.05) is 11.1 Å². The zero-order chi connectivity index (χ0) is 10.8. The first kappa shape index (κ1) is 11.1. The highest BCUT2D eigenvalue weighted by Crippen LogP contribution is 2.39. The van der Waals surface area contributed by atoms with E-state index < -0.39 is 0 Å². The third kappa shape index (κ3) is 2.79. The first-order valence-electron chi connectivity index (χ1n) is 5.09. The van der Waals surface area contributed by atoms with Crippen LogP contribution in [0.1, 0.15) is 19.8 Å². The van der Waals surface area contributed by atoms with Crippen LogP contribution in [0.4, 0.5) is 5.69 Å². The molecule has 0 unspecified atom stereocenters. The van der Waals surface area contributed by atoms with Crippen LogP contribution in [-0.4, -0.2) is 12.6 Å². The maximum Gasteiger partial charge on any atom is 0.156 e. The molecule has 0 heterocycles. The second-order valence-electron chi connectivity index (χ2n) is 3.62. The van der Waals surface area contributed by atoms with Gasteiger partial charge in [-0.15, -0.1) is 0 Å². The molecule has 0 aromatic heterocycles. The topological polar surface area (TPSA) is 21.3 Å². The number of ether oxygens (including phenoxy) is 1. The number of nitrogens with one attached hydrogen (secondary N) is 1. The summed E-state index contributed by atoms with van der Waals surface area (Å²) in [6, 6.07) is 4.36. The molecule has 15 heavy (non-hydrogen) atoms. The fourth-order valence-corrected chi connectivity index (χ4v) is 2.33. The Labute approximate surface area is 103 Å². The van der Waals surface area contributed by atoms with Gasteiger partial charge in [-0.3, -0.25) is 0 Å². The van der Waals surface area contributed by atoms with Crippen molar-refractivity contribution in [3.8, 4) is 5.75 Å². The van der Waals surface area contributed by atoms with E-state index in [0.29, 0.717) is 17.7 Å². The molecular weight excluding hydrogens is 277 g/mol. The Morgan fingerprint density at radius 2 is 2.27 bits per heavy atom. The van der Waals surface area contributed by atoms with Gasteiger partial charge in [-0.05, 0) is 47.8 Å². The highest BCUT2D eigenvalue weighted by atomic mass is 79.9. The van der Waals surface area contributed by atoms with Crippen molar-refractivity contribution in [2.75, 3.05) is 11.9 Å². The van der Waals surface area contributed by atoms with Crippen LogP contribution in [0.5, 0.6) is 5.75 Å². The number of halogens is 2. The summed E-state index contributed by atoms with van der Waals surface area (Å²) in [5.74, 6) is 0.855. The predicted octanol–water partition coefficient (Wildman–Crippen LogP) is 4.08. The highest BCUT2D eigenvalue weighted by Gasteiger charge is 2.23. The molecule has 2 rings (SSSR count). The quantitative estimate of drug-likeness (QED) is 0.902. The Balaban J connectivity index is 2.29. The molecule has 82 valence electrons. The van der Waals surface area contributed by atoms with Gasteiger partial charge in [0.25, 0.3) is 0 Å². The third-order valence-corrected chi connectivity index (χ3v) is 3.04. The van der Waals surface area contributed by atoms with E-state index in [9.17, 15) is 0 Å². The van der Waals surface area contributed by atoms with Crippen LogP contribution in [0.25, 0.3) is 0 Å². The van der Waals surface area contributed by atoms with Gasteiger partial charge in [0.05, 0.1) is 16.8 Å². The fraction of sp³-hybridized carbons (Fsp3) is 0.455. The molecule has 0 aliphatic heterocycles. The van der Waals surface area contributed by atoms with Gasteiger partial charge < -0.3 is 10.1 Å². The lowest BCUT2D eigenvalue weighted by Crippen LogP contribution is -2.04. The minimum Gasteiger partial charge on any atom is -0.491 e. The van der Waals surface area contributed by atoms with E-state index in [4.69, 9.17) is 16.3 Å². The predicted molar refractivity (Wildman–Crippen MR) is 67.0 cm³/mol. The number of hydrogen-bond acceptors (Lipinski definition) is 2. The van der Waals surface area contributed by atoms with E-state index in [1.165, 1.54) is 12.8 Å². The minimum atomic E-state index is 0.592. The lowest BCUT2D eigenvalue weighted by atomic mass is 10.3. The van der Waals surface area contributed by atoms with Crippen LogP contribution in [0, 0.1) is 0 Å².